The van der Waals surface area contributed by atoms with Crippen molar-refractivity contribution in [3.8, 4) is 22.3 Å². The lowest BCUT2D eigenvalue weighted by Crippen LogP contribution is -2.19. The molecule has 0 saturated carbocycles. The van der Waals surface area contributed by atoms with Crippen LogP contribution in [-0.2, 0) is 0 Å². The van der Waals surface area contributed by atoms with Crippen LogP contribution in [0.25, 0.3) is 44.2 Å². The monoisotopic (exact) mass is 886 g/mol. The van der Waals surface area contributed by atoms with E-state index in [0.29, 0.717) is 0 Å². The normalized spacial score (nSPS) is 13.0. The van der Waals surface area contributed by atoms with Crippen LogP contribution in [0.15, 0.2) is 267 Å². The van der Waals surface area contributed by atoms with Gasteiger partial charge in [0.2, 0.25) is 0 Å². The molecule has 13 rings (SSSR count). The van der Waals surface area contributed by atoms with E-state index in [1.807, 2.05) is 48.5 Å². The molecule has 0 saturated heterocycles. The summed E-state index contributed by atoms with van der Waals surface area (Å²) >= 11 is 0. The third-order valence-electron chi connectivity index (χ3n) is 13.0. The van der Waals surface area contributed by atoms with Crippen LogP contribution in [0, 0.1) is 0 Å². The summed E-state index contributed by atoms with van der Waals surface area (Å²) in [6.45, 7) is 0. The van der Waals surface area contributed by atoms with Crippen molar-refractivity contribution in [2.24, 2.45) is 20.0 Å². The van der Waals surface area contributed by atoms with Crippen molar-refractivity contribution in [1.82, 2.24) is 0 Å². The van der Waals surface area contributed by atoms with Gasteiger partial charge in [0.1, 0.15) is 11.2 Å². The highest BCUT2D eigenvalue weighted by Gasteiger charge is 2.25. The van der Waals surface area contributed by atoms with Gasteiger partial charge in [-0.1, -0.05) is 146 Å². The Morgan fingerprint density at radius 1 is 0.290 bits per heavy atom. The van der Waals surface area contributed by atoms with Crippen molar-refractivity contribution in [1.29, 1.82) is 0 Å². The molecule has 0 unspecified atom stereocenters. The topological polar surface area (TPSA) is 69.1 Å². The third-order valence-corrected chi connectivity index (χ3v) is 13.0. The van der Waals surface area contributed by atoms with Gasteiger partial charge in [0.25, 0.3) is 0 Å². The second kappa shape index (κ2) is 16.9. The molecule has 0 bridgehead atoms. The number of anilines is 6. The molecular weight excluding hydrogens is 845 g/mol. The second-order valence-corrected chi connectivity index (χ2v) is 17.3. The first kappa shape index (κ1) is 40.1. The van der Waals surface area contributed by atoms with Crippen LogP contribution < -0.4 is 31.2 Å². The Kier molecular flexibility index (Phi) is 9.83. The molecule has 0 spiro atoms. The minimum Gasteiger partial charge on any atom is -0.455 e. The Bertz CT molecular complexity index is 3660. The number of nitrogens with zero attached hydrogens (tertiary/aromatic N) is 6. The summed E-state index contributed by atoms with van der Waals surface area (Å²) in [5, 5.41) is 5.65. The SMILES string of the molecule is c1ccc(-c2cc(N(c3ccccc3)c3cccc(C4N=c5ccccc5=N4)c3)cc3c2oc2c(-c4ccccc4)cc(N(c4ccccc4)c4cccc(C5N=c6ccccc6=N5)c4)cc23)cc1. The summed E-state index contributed by atoms with van der Waals surface area (Å²) in [6, 6.07) is 84.8. The molecule has 11 aromatic rings. The number of fused-ring (bicyclic) bond motifs is 5. The van der Waals surface area contributed by atoms with E-state index in [4.69, 9.17) is 24.4 Å². The van der Waals surface area contributed by atoms with Gasteiger partial charge in [-0.05, 0) is 108 Å². The highest BCUT2D eigenvalue weighted by atomic mass is 16.3. The molecule has 69 heavy (non-hydrogen) atoms. The minimum absolute atomic E-state index is 0.332. The highest BCUT2D eigenvalue weighted by Crippen LogP contribution is 2.48. The summed E-state index contributed by atoms with van der Waals surface area (Å²) in [7, 11) is 0. The van der Waals surface area contributed by atoms with Crippen LogP contribution in [0.4, 0.5) is 34.1 Å². The largest absolute Gasteiger partial charge is 0.455 e. The van der Waals surface area contributed by atoms with Crippen LogP contribution in [-0.4, -0.2) is 0 Å². The second-order valence-electron chi connectivity index (χ2n) is 17.3. The lowest BCUT2D eigenvalue weighted by atomic mass is 9.97. The summed E-state index contributed by atoms with van der Waals surface area (Å²) in [5.41, 5.74) is 13.8. The zero-order valence-electron chi connectivity index (χ0n) is 37.3. The summed E-state index contributed by atoms with van der Waals surface area (Å²) in [4.78, 5) is 24.7. The molecule has 0 amide bonds. The number of rotatable bonds is 10. The van der Waals surface area contributed by atoms with Gasteiger partial charge in [-0.2, -0.15) is 0 Å². The molecule has 2 aliphatic heterocycles. The standard InChI is InChI=1S/C62H42N6O/c1-5-19-41(20-6-1)51-37-49(67(45-25-9-3-10-26-45)47-29-17-23-43(35-47)61-63-55-31-13-14-32-56(55)64-61)39-53-54-40-50(38-52(60(54)69-59(51)53)42-21-7-2-8-22-42)68(46-27-11-4-12-28-46)48-30-18-24-44(36-48)62-65-57-33-15-16-34-58(57)66-62/h1-40,61-62H. The first-order valence-corrected chi connectivity index (χ1v) is 23.3. The summed E-state index contributed by atoms with van der Waals surface area (Å²) < 4.78 is 7.26. The zero-order valence-corrected chi connectivity index (χ0v) is 37.3. The quantitative estimate of drug-likeness (QED) is 0.137. The van der Waals surface area contributed by atoms with Crippen molar-refractivity contribution < 1.29 is 4.42 Å². The summed E-state index contributed by atoms with van der Waals surface area (Å²) in [6.07, 6.45) is -0.664. The molecule has 2 aliphatic rings. The van der Waals surface area contributed by atoms with E-state index in [0.717, 1.165) is 111 Å². The van der Waals surface area contributed by atoms with Crippen molar-refractivity contribution in [3.05, 3.63) is 275 Å². The van der Waals surface area contributed by atoms with Gasteiger partial charge in [-0.15, -0.1) is 0 Å². The average molecular weight is 887 g/mol. The maximum absolute atomic E-state index is 7.26. The van der Waals surface area contributed by atoms with Gasteiger partial charge < -0.3 is 14.2 Å². The van der Waals surface area contributed by atoms with Gasteiger partial charge in [-0.3, -0.25) is 20.0 Å². The maximum atomic E-state index is 7.26. The van der Waals surface area contributed by atoms with Gasteiger partial charge >= 0.3 is 0 Å². The molecule has 3 heterocycles. The Hall–Kier alpha value is -9.20. The molecular formula is C62H42N6O. The van der Waals surface area contributed by atoms with E-state index in [1.165, 1.54) is 0 Å². The molecule has 0 fully saturated rings. The van der Waals surface area contributed by atoms with Crippen LogP contribution in [0.3, 0.4) is 0 Å². The molecule has 0 N–H and O–H groups in total. The summed E-state index contributed by atoms with van der Waals surface area (Å²) in [5.74, 6) is 0. The lowest BCUT2D eigenvalue weighted by molar-refractivity contribution is 0.671. The first-order valence-electron chi connectivity index (χ1n) is 23.3. The van der Waals surface area contributed by atoms with Crippen LogP contribution in [0.5, 0.6) is 0 Å². The van der Waals surface area contributed by atoms with E-state index in [9.17, 15) is 0 Å². The average Bonchev–Trinajstić information content (AvgIpc) is 4.16. The van der Waals surface area contributed by atoms with Gasteiger partial charge in [0.15, 0.2) is 12.3 Å². The Morgan fingerprint density at radius 2 is 0.623 bits per heavy atom. The Balaban J connectivity index is 1.05. The van der Waals surface area contributed by atoms with E-state index in [1.54, 1.807) is 0 Å². The number of para-hydroxylation sites is 6. The van der Waals surface area contributed by atoms with Crippen LogP contribution >= 0.6 is 0 Å². The maximum Gasteiger partial charge on any atom is 0.166 e. The predicted octanol–water partition coefficient (Wildman–Crippen LogP) is 13.8. The predicted molar refractivity (Wildman–Crippen MR) is 277 cm³/mol. The minimum atomic E-state index is -0.332. The van der Waals surface area contributed by atoms with Crippen molar-refractivity contribution >= 4 is 56.1 Å². The Labute approximate surface area is 398 Å². The molecule has 326 valence electrons. The van der Waals surface area contributed by atoms with E-state index in [2.05, 4.69) is 204 Å². The fraction of sp³-hybridized carbons (Fsp3) is 0.0323. The van der Waals surface area contributed by atoms with Gasteiger partial charge in [-0.25, -0.2) is 0 Å². The van der Waals surface area contributed by atoms with Crippen molar-refractivity contribution in [2.45, 2.75) is 12.3 Å². The molecule has 0 atom stereocenters. The molecule has 1 aromatic heterocycles. The van der Waals surface area contributed by atoms with E-state index >= 15 is 0 Å². The first-order chi connectivity index (χ1) is 34.2. The number of hydrogen-bond donors (Lipinski definition) is 0. The Morgan fingerprint density at radius 3 is 1.00 bits per heavy atom. The van der Waals surface area contributed by atoms with E-state index < -0.39 is 0 Å². The molecule has 0 aliphatic carbocycles. The number of benzene rings is 10. The number of hydrogen-bond acceptors (Lipinski definition) is 7. The fourth-order valence-electron chi connectivity index (χ4n) is 9.82. The molecule has 7 nitrogen and oxygen atoms in total. The smallest absolute Gasteiger partial charge is 0.166 e. The van der Waals surface area contributed by atoms with Crippen LogP contribution in [0.1, 0.15) is 23.5 Å². The molecule has 0 radical (unpaired) electrons. The van der Waals surface area contributed by atoms with Crippen LogP contribution in [0.2, 0.25) is 0 Å². The van der Waals surface area contributed by atoms with E-state index in [-0.39, 0.29) is 12.3 Å². The van der Waals surface area contributed by atoms with Gasteiger partial charge in [0.05, 0.1) is 21.4 Å². The van der Waals surface area contributed by atoms with Crippen molar-refractivity contribution in [2.75, 3.05) is 9.80 Å². The lowest BCUT2D eigenvalue weighted by Gasteiger charge is -2.27. The fourth-order valence-corrected chi connectivity index (χ4v) is 9.82. The number of furan rings is 1. The third kappa shape index (κ3) is 7.34. The molecule has 7 heteroatoms. The molecule has 10 aromatic carbocycles. The zero-order chi connectivity index (χ0) is 45.7. The van der Waals surface area contributed by atoms with Gasteiger partial charge in [0, 0.05) is 67.2 Å². The van der Waals surface area contributed by atoms with Crippen molar-refractivity contribution in [3.63, 3.8) is 0 Å². The highest BCUT2D eigenvalue weighted by molar-refractivity contribution is 6.16.